The molecule has 2 rings (SSSR count). The number of methoxy groups -OCH3 is 1. The van der Waals surface area contributed by atoms with Crippen molar-refractivity contribution in [3.05, 3.63) is 59.7 Å². The third-order valence-corrected chi connectivity index (χ3v) is 5.48. The van der Waals surface area contributed by atoms with Crippen LogP contribution in [0.2, 0.25) is 0 Å². The Labute approximate surface area is 146 Å². The molecule has 0 fully saturated rings. The van der Waals surface area contributed by atoms with Crippen LogP contribution < -0.4 is 0 Å². The van der Waals surface area contributed by atoms with Gasteiger partial charge in [0.05, 0.1) is 24.2 Å². The van der Waals surface area contributed by atoms with Crippen molar-refractivity contribution in [1.29, 1.82) is 0 Å². The van der Waals surface area contributed by atoms with Crippen LogP contribution in [0.25, 0.3) is 0 Å². The molecule has 2 aromatic carbocycles. The Bertz CT molecular complexity index is 781. The van der Waals surface area contributed by atoms with Crippen molar-refractivity contribution in [3.63, 3.8) is 0 Å². The smallest absolute Gasteiger partial charge is 0.337 e. The Balaban J connectivity index is 1.84. The van der Waals surface area contributed by atoms with Gasteiger partial charge < -0.3 is 4.74 Å². The number of benzene rings is 2. The van der Waals surface area contributed by atoms with E-state index in [0.717, 1.165) is 10.5 Å². The molecule has 0 atom stereocenters. The van der Waals surface area contributed by atoms with Gasteiger partial charge in [0.1, 0.15) is 0 Å². The van der Waals surface area contributed by atoms with Crippen LogP contribution in [0.5, 0.6) is 0 Å². The van der Waals surface area contributed by atoms with Crippen molar-refractivity contribution in [1.82, 2.24) is 0 Å². The minimum Gasteiger partial charge on any atom is -0.465 e. The van der Waals surface area contributed by atoms with Crippen LogP contribution in [0.15, 0.2) is 58.3 Å². The second kappa shape index (κ2) is 8.32. The molecule has 0 aliphatic heterocycles. The maximum atomic E-state index is 12.0. The molecule has 24 heavy (non-hydrogen) atoms. The third kappa shape index (κ3) is 5.09. The molecule has 128 valence electrons. The number of rotatable bonds is 7. The molecular weight excluding hydrogens is 348 g/mol. The van der Waals surface area contributed by atoms with E-state index in [0.29, 0.717) is 11.3 Å². The molecule has 0 unspecified atom stereocenters. The molecule has 0 spiro atoms. The molecule has 0 aliphatic carbocycles. The quantitative estimate of drug-likeness (QED) is 0.324. The summed E-state index contributed by atoms with van der Waals surface area (Å²) in [5, 5.41) is 0. The van der Waals surface area contributed by atoms with Crippen molar-refractivity contribution in [3.8, 4) is 0 Å². The second-order valence-electron chi connectivity index (χ2n) is 4.95. The standard InChI is InChI=1S/C17H18O5S2/c1-13-3-9-16(10-4-13)24(19,20)22-11-12-23-15-7-5-14(6-8-15)17(18)21-2/h3-10H,11-12H2,1-2H3. The highest BCUT2D eigenvalue weighted by atomic mass is 32.2. The average Bonchev–Trinajstić information content (AvgIpc) is 2.59. The van der Waals surface area contributed by atoms with Crippen LogP contribution in [0.4, 0.5) is 0 Å². The van der Waals surface area contributed by atoms with E-state index in [1.165, 1.54) is 31.0 Å². The predicted molar refractivity (Wildman–Crippen MR) is 92.8 cm³/mol. The highest BCUT2D eigenvalue weighted by Gasteiger charge is 2.14. The summed E-state index contributed by atoms with van der Waals surface area (Å²) in [6, 6.07) is 13.4. The molecule has 0 saturated heterocycles. The van der Waals surface area contributed by atoms with E-state index >= 15 is 0 Å². The van der Waals surface area contributed by atoms with Gasteiger partial charge >= 0.3 is 5.97 Å². The summed E-state index contributed by atoms with van der Waals surface area (Å²) in [4.78, 5) is 12.4. The number of esters is 1. The van der Waals surface area contributed by atoms with Crippen LogP contribution in [0, 0.1) is 6.92 Å². The van der Waals surface area contributed by atoms with Gasteiger partial charge in [-0.05, 0) is 43.3 Å². The van der Waals surface area contributed by atoms with Crippen molar-refractivity contribution in [2.24, 2.45) is 0 Å². The Morgan fingerprint density at radius 2 is 1.67 bits per heavy atom. The van der Waals surface area contributed by atoms with E-state index < -0.39 is 10.1 Å². The number of hydrogen-bond acceptors (Lipinski definition) is 6. The average molecular weight is 366 g/mol. The van der Waals surface area contributed by atoms with E-state index in [1.54, 1.807) is 36.4 Å². The largest absolute Gasteiger partial charge is 0.465 e. The van der Waals surface area contributed by atoms with Crippen molar-refractivity contribution in [2.45, 2.75) is 16.7 Å². The Hall–Kier alpha value is -1.83. The topological polar surface area (TPSA) is 69.7 Å². The number of carbonyl (C=O) groups is 1. The molecular formula is C17H18O5S2. The number of ether oxygens (including phenoxy) is 1. The number of aryl methyl sites for hydroxylation is 1. The molecule has 0 saturated carbocycles. The van der Waals surface area contributed by atoms with E-state index in [-0.39, 0.29) is 17.5 Å². The summed E-state index contributed by atoms with van der Waals surface area (Å²) in [6.45, 7) is 1.96. The highest BCUT2D eigenvalue weighted by Crippen LogP contribution is 2.20. The first-order chi connectivity index (χ1) is 11.4. The SMILES string of the molecule is COC(=O)c1ccc(SCCOS(=O)(=O)c2ccc(C)cc2)cc1. The van der Waals surface area contributed by atoms with E-state index in [9.17, 15) is 13.2 Å². The fourth-order valence-electron chi connectivity index (χ4n) is 1.88. The van der Waals surface area contributed by atoms with Gasteiger partial charge in [0.25, 0.3) is 10.1 Å². The summed E-state index contributed by atoms with van der Waals surface area (Å²) in [7, 11) is -2.40. The second-order valence-corrected chi connectivity index (χ2v) is 7.74. The number of thioether (sulfide) groups is 1. The van der Waals surface area contributed by atoms with Crippen LogP contribution >= 0.6 is 11.8 Å². The van der Waals surface area contributed by atoms with Crippen LogP contribution in [0.3, 0.4) is 0 Å². The van der Waals surface area contributed by atoms with Crippen LogP contribution in [-0.4, -0.2) is 33.9 Å². The lowest BCUT2D eigenvalue weighted by molar-refractivity contribution is 0.0600. The van der Waals surface area contributed by atoms with Crippen LogP contribution in [0.1, 0.15) is 15.9 Å². The van der Waals surface area contributed by atoms with E-state index in [2.05, 4.69) is 4.74 Å². The minimum absolute atomic E-state index is 0.0691. The first-order valence-corrected chi connectivity index (χ1v) is 9.59. The lowest BCUT2D eigenvalue weighted by Gasteiger charge is -2.06. The summed E-state index contributed by atoms with van der Waals surface area (Å²) >= 11 is 1.45. The molecule has 0 aromatic heterocycles. The van der Waals surface area contributed by atoms with Gasteiger partial charge in [-0.3, -0.25) is 4.18 Å². The molecule has 2 aromatic rings. The van der Waals surface area contributed by atoms with E-state index in [4.69, 9.17) is 4.18 Å². The predicted octanol–water partition coefficient (Wildman–Crippen LogP) is 3.28. The van der Waals surface area contributed by atoms with Gasteiger partial charge in [-0.25, -0.2) is 4.79 Å². The molecule has 0 N–H and O–H groups in total. The highest BCUT2D eigenvalue weighted by molar-refractivity contribution is 7.99. The van der Waals surface area contributed by atoms with Gasteiger partial charge in [0.2, 0.25) is 0 Å². The minimum atomic E-state index is -3.73. The van der Waals surface area contributed by atoms with Crippen molar-refractivity contribution >= 4 is 27.8 Å². The number of hydrogen-bond donors (Lipinski definition) is 0. The lowest BCUT2D eigenvalue weighted by Crippen LogP contribution is -2.09. The zero-order chi connectivity index (χ0) is 17.6. The molecule has 0 bridgehead atoms. The van der Waals surface area contributed by atoms with Gasteiger partial charge in [-0.15, -0.1) is 11.8 Å². The van der Waals surface area contributed by atoms with Gasteiger partial charge in [-0.2, -0.15) is 8.42 Å². The summed E-state index contributed by atoms with van der Waals surface area (Å²) in [6.07, 6.45) is 0. The molecule has 0 amide bonds. The lowest BCUT2D eigenvalue weighted by atomic mass is 10.2. The van der Waals surface area contributed by atoms with Crippen LogP contribution in [-0.2, 0) is 19.0 Å². The normalized spacial score (nSPS) is 11.2. The first-order valence-electron chi connectivity index (χ1n) is 7.19. The zero-order valence-electron chi connectivity index (χ0n) is 13.4. The Morgan fingerprint density at radius 3 is 2.25 bits per heavy atom. The maximum absolute atomic E-state index is 12.0. The first kappa shape index (κ1) is 18.5. The van der Waals surface area contributed by atoms with Gasteiger partial charge in [0.15, 0.2) is 0 Å². The van der Waals surface area contributed by atoms with E-state index in [1.807, 2.05) is 6.92 Å². The molecule has 0 radical (unpaired) electrons. The zero-order valence-corrected chi connectivity index (χ0v) is 15.0. The van der Waals surface area contributed by atoms with Gasteiger partial charge in [-0.1, -0.05) is 17.7 Å². The number of carbonyl (C=O) groups excluding carboxylic acids is 1. The Kier molecular flexibility index (Phi) is 6.42. The Morgan fingerprint density at radius 1 is 1.04 bits per heavy atom. The summed E-state index contributed by atoms with van der Waals surface area (Å²) < 4.78 is 33.7. The molecule has 0 aliphatic rings. The molecule has 7 heteroatoms. The molecule has 5 nitrogen and oxygen atoms in total. The summed E-state index contributed by atoms with van der Waals surface area (Å²) in [5.74, 6) is 0.0851. The summed E-state index contributed by atoms with van der Waals surface area (Å²) in [5.41, 5.74) is 1.46. The fourth-order valence-corrected chi connectivity index (χ4v) is 3.63. The third-order valence-electron chi connectivity index (χ3n) is 3.18. The van der Waals surface area contributed by atoms with Gasteiger partial charge in [0, 0.05) is 10.6 Å². The molecule has 0 heterocycles. The maximum Gasteiger partial charge on any atom is 0.337 e. The van der Waals surface area contributed by atoms with Crippen molar-refractivity contribution < 1.29 is 22.1 Å². The van der Waals surface area contributed by atoms with Crippen molar-refractivity contribution in [2.75, 3.05) is 19.5 Å². The monoisotopic (exact) mass is 366 g/mol. The fraction of sp³-hybridized carbons (Fsp3) is 0.235.